The summed E-state index contributed by atoms with van der Waals surface area (Å²) in [4.78, 5) is 17.7. The Labute approximate surface area is 128 Å². The van der Waals surface area contributed by atoms with Gasteiger partial charge in [0.1, 0.15) is 0 Å². The van der Waals surface area contributed by atoms with Gasteiger partial charge < -0.3 is 15.0 Å². The zero-order valence-electron chi connectivity index (χ0n) is 13.3. The summed E-state index contributed by atoms with van der Waals surface area (Å²) in [5.74, 6) is 0.396. The van der Waals surface area contributed by atoms with E-state index >= 15 is 0 Å². The number of nitrogens with one attached hydrogen (secondary N) is 1. The summed E-state index contributed by atoms with van der Waals surface area (Å²) >= 11 is 0. The number of rotatable bonds is 3. The van der Waals surface area contributed by atoms with Crippen molar-refractivity contribution in [1.82, 2.24) is 15.1 Å². The van der Waals surface area contributed by atoms with Crippen molar-refractivity contribution in [1.29, 1.82) is 0 Å². The molecule has 5 nitrogen and oxygen atoms in total. The molecular weight excluding hydrogens is 266 g/mol. The number of piperidine rings is 1. The summed E-state index contributed by atoms with van der Waals surface area (Å²) < 4.78 is 5.43. The van der Waals surface area contributed by atoms with Gasteiger partial charge in [0.25, 0.3) is 0 Å². The molecule has 0 bridgehead atoms. The Morgan fingerprint density at radius 1 is 1.33 bits per heavy atom. The zero-order valence-corrected chi connectivity index (χ0v) is 13.3. The minimum absolute atomic E-state index is 0.141. The molecule has 5 heteroatoms. The van der Waals surface area contributed by atoms with E-state index in [0.29, 0.717) is 11.9 Å². The fraction of sp³-hybridized carbons (Fsp3) is 0.938. The monoisotopic (exact) mass is 295 g/mol. The Morgan fingerprint density at radius 2 is 2.14 bits per heavy atom. The Bertz CT molecular complexity index is 363. The van der Waals surface area contributed by atoms with Gasteiger partial charge >= 0.3 is 0 Å². The third-order valence-electron chi connectivity index (χ3n) is 5.62. The molecule has 0 aliphatic carbocycles. The first-order valence-corrected chi connectivity index (χ1v) is 8.57. The van der Waals surface area contributed by atoms with Gasteiger partial charge in [-0.25, -0.2) is 0 Å². The fourth-order valence-corrected chi connectivity index (χ4v) is 4.11. The van der Waals surface area contributed by atoms with Crippen LogP contribution in [0.15, 0.2) is 0 Å². The van der Waals surface area contributed by atoms with E-state index in [1.165, 1.54) is 0 Å². The highest BCUT2D eigenvalue weighted by Gasteiger charge is 2.43. The average molecular weight is 295 g/mol. The highest BCUT2D eigenvalue weighted by molar-refractivity contribution is 5.83. The van der Waals surface area contributed by atoms with Gasteiger partial charge in [-0.2, -0.15) is 0 Å². The van der Waals surface area contributed by atoms with Crippen LogP contribution in [0, 0.1) is 5.41 Å². The smallest absolute Gasteiger partial charge is 0.230 e. The summed E-state index contributed by atoms with van der Waals surface area (Å²) in [6.45, 7) is 9.66. The zero-order chi connectivity index (χ0) is 14.7. The normalized spacial score (nSPS) is 35.1. The van der Waals surface area contributed by atoms with Crippen molar-refractivity contribution < 1.29 is 9.53 Å². The van der Waals surface area contributed by atoms with Crippen LogP contribution >= 0.6 is 0 Å². The number of likely N-dealkylation sites (tertiary alicyclic amines) is 1. The van der Waals surface area contributed by atoms with E-state index in [1.54, 1.807) is 0 Å². The molecule has 0 aromatic carbocycles. The Hall–Kier alpha value is -0.650. The molecule has 0 aromatic rings. The molecular formula is C16H29N3O2. The molecule has 2 atom stereocenters. The average Bonchev–Trinajstić information content (AvgIpc) is 3.05. The highest BCUT2D eigenvalue weighted by Crippen LogP contribution is 2.34. The second kappa shape index (κ2) is 6.63. The second-order valence-electron chi connectivity index (χ2n) is 6.76. The number of amides is 1. The lowest BCUT2D eigenvalue weighted by molar-refractivity contribution is -0.142. The molecule has 21 heavy (non-hydrogen) atoms. The first kappa shape index (κ1) is 15.3. The molecule has 3 fully saturated rings. The molecule has 3 saturated heterocycles. The van der Waals surface area contributed by atoms with Crippen molar-refractivity contribution in [2.24, 2.45) is 5.41 Å². The molecule has 1 amide bonds. The van der Waals surface area contributed by atoms with Crippen LogP contribution in [0.4, 0.5) is 0 Å². The molecule has 0 saturated carbocycles. The molecule has 3 rings (SSSR count). The number of morpholine rings is 1. The van der Waals surface area contributed by atoms with Crippen LogP contribution < -0.4 is 5.32 Å². The number of carbonyl (C=O) groups excluding carboxylic acids is 1. The molecule has 2 unspecified atom stereocenters. The molecule has 3 aliphatic heterocycles. The lowest BCUT2D eigenvalue weighted by atomic mass is 9.77. The van der Waals surface area contributed by atoms with Crippen LogP contribution in [-0.4, -0.2) is 74.2 Å². The van der Waals surface area contributed by atoms with E-state index in [2.05, 4.69) is 22.0 Å². The molecule has 3 aliphatic rings. The minimum Gasteiger partial charge on any atom is -0.379 e. The van der Waals surface area contributed by atoms with Gasteiger partial charge in [0.2, 0.25) is 5.91 Å². The lowest BCUT2D eigenvalue weighted by Crippen LogP contribution is -2.52. The van der Waals surface area contributed by atoms with Crippen LogP contribution in [0.2, 0.25) is 0 Å². The highest BCUT2D eigenvalue weighted by atomic mass is 16.5. The predicted octanol–water partition coefficient (Wildman–Crippen LogP) is 0.699. The number of ether oxygens (including phenoxy) is 1. The first-order chi connectivity index (χ1) is 10.2. The minimum atomic E-state index is -0.141. The fourth-order valence-electron chi connectivity index (χ4n) is 4.11. The van der Waals surface area contributed by atoms with E-state index in [0.717, 1.165) is 78.2 Å². The lowest BCUT2D eigenvalue weighted by Gasteiger charge is -2.39. The summed E-state index contributed by atoms with van der Waals surface area (Å²) in [7, 11) is 0. The van der Waals surface area contributed by atoms with Crippen molar-refractivity contribution >= 4 is 5.91 Å². The van der Waals surface area contributed by atoms with Gasteiger partial charge in [-0.3, -0.25) is 9.69 Å². The Morgan fingerprint density at radius 3 is 2.81 bits per heavy atom. The first-order valence-electron chi connectivity index (χ1n) is 8.57. The van der Waals surface area contributed by atoms with Gasteiger partial charge in [-0.15, -0.1) is 0 Å². The predicted molar refractivity (Wildman–Crippen MR) is 82.2 cm³/mol. The van der Waals surface area contributed by atoms with Gasteiger partial charge in [-0.05, 0) is 32.2 Å². The maximum Gasteiger partial charge on any atom is 0.230 e. The maximum absolute atomic E-state index is 13.0. The van der Waals surface area contributed by atoms with E-state index in [-0.39, 0.29) is 5.41 Å². The van der Waals surface area contributed by atoms with Crippen molar-refractivity contribution in [3.8, 4) is 0 Å². The molecule has 1 N–H and O–H groups in total. The standard InChI is InChI=1S/C16H29N3O2/c1-2-16(5-3-6-17-13-16)15(20)19-7-4-14(12-19)18-8-10-21-11-9-18/h14,17H,2-13H2,1H3. The quantitative estimate of drug-likeness (QED) is 0.832. The summed E-state index contributed by atoms with van der Waals surface area (Å²) in [6, 6.07) is 0.545. The molecule has 120 valence electrons. The summed E-state index contributed by atoms with van der Waals surface area (Å²) in [6.07, 6.45) is 4.25. The van der Waals surface area contributed by atoms with Crippen molar-refractivity contribution in [3.63, 3.8) is 0 Å². The summed E-state index contributed by atoms with van der Waals surface area (Å²) in [5.41, 5.74) is -0.141. The molecule has 0 spiro atoms. The van der Waals surface area contributed by atoms with Gasteiger partial charge in [0, 0.05) is 38.8 Å². The van der Waals surface area contributed by atoms with Crippen molar-refractivity contribution in [2.75, 3.05) is 52.5 Å². The van der Waals surface area contributed by atoms with Crippen LogP contribution in [0.25, 0.3) is 0 Å². The van der Waals surface area contributed by atoms with E-state index in [9.17, 15) is 4.79 Å². The molecule has 0 aromatic heterocycles. The van der Waals surface area contributed by atoms with E-state index in [4.69, 9.17) is 4.74 Å². The molecule has 3 heterocycles. The van der Waals surface area contributed by atoms with Gasteiger partial charge in [-0.1, -0.05) is 6.92 Å². The largest absolute Gasteiger partial charge is 0.379 e. The van der Waals surface area contributed by atoms with Gasteiger partial charge in [0.05, 0.1) is 18.6 Å². The number of hydrogen-bond acceptors (Lipinski definition) is 4. The second-order valence-corrected chi connectivity index (χ2v) is 6.76. The van der Waals surface area contributed by atoms with Crippen LogP contribution in [0.3, 0.4) is 0 Å². The third-order valence-corrected chi connectivity index (χ3v) is 5.62. The van der Waals surface area contributed by atoms with E-state index in [1.807, 2.05) is 0 Å². The topological polar surface area (TPSA) is 44.8 Å². The van der Waals surface area contributed by atoms with Crippen LogP contribution in [0.5, 0.6) is 0 Å². The van der Waals surface area contributed by atoms with Gasteiger partial charge in [0.15, 0.2) is 0 Å². The van der Waals surface area contributed by atoms with Crippen LogP contribution in [-0.2, 0) is 9.53 Å². The number of nitrogens with zero attached hydrogens (tertiary/aromatic N) is 2. The third kappa shape index (κ3) is 3.10. The maximum atomic E-state index is 13.0. The van der Waals surface area contributed by atoms with Crippen LogP contribution in [0.1, 0.15) is 32.6 Å². The van der Waals surface area contributed by atoms with Crippen molar-refractivity contribution in [2.45, 2.75) is 38.6 Å². The molecule has 0 radical (unpaired) electrons. The Balaban J connectivity index is 1.60. The SMILES string of the molecule is CCC1(C(=O)N2CCC(N3CCOCC3)C2)CCCNC1. The number of hydrogen-bond donors (Lipinski definition) is 1. The van der Waals surface area contributed by atoms with E-state index < -0.39 is 0 Å². The van der Waals surface area contributed by atoms with Crippen molar-refractivity contribution in [3.05, 3.63) is 0 Å². The summed E-state index contributed by atoms with van der Waals surface area (Å²) in [5, 5.41) is 3.43. The Kier molecular flexibility index (Phi) is 4.82. The number of carbonyl (C=O) groups is 1.